The molecule has 0 radical (unpaired) electrons. The summed E-state index contributed by atoms with van der Waals surface area (Å²) >= 11 is 0. The lowest BCUT2D eigenvalue weighted by Gasteiger charge is -2.50. The number of carbonyl (C=O) groups is 4. The van der Waals surface area contributed by atoms with Crippen molar-refractivity contribution < 1.29 is 37.4 Å². The first kappa shape index (κ1) is 32.8. The Bertz CT molecular complexity index is 1300. The van der Waals surface area contributed by atoms with Crippen LogP contribution in [0.25, 0.3) is 0 Å². The number of H-pyrrole nitrogens is 1. The number of amides is 4. The molecule has 0 aromatic carbocycles. The van der Waals surface area contributed by atoms with E-state index in [4.69, 9.17) is 9.47 Å². The van der Waals surface area contributed by atoms with E-state index in [1.807, 2.05) is 0 Å². The molecule has 1 aromatic heterocycles. The van der Waals surface area contributed by atoms with E-state index in [0.717, 1.165) is 19.3 Å². The number of hydrogen-bond donors (Lipinski definition) is 2. The second-order valence-corrected chi connectivity index (χ2v) is 14.8. The highest BCUT2D eigenvalue weighted by atomic mass is 19.3. The summed E-state index contributed by atoms with van der Waals surface area (Å²) in [6.07, 6.45) is 3.83. The van der Waals surface area contributed by atoms with Crippen molar-refractivity contribution in [2.75, 3.05) is 59.1 Å². The third-order valence-corrected chi connectivity index (χ3v) is 10.9. The van der Waals surface area contributed by atoms with Gasteiger partial charge in [-0.1, -0.05) is 13.8 Å². The Kier molecular flexibility index (Phi) is 8.90. The Hall–Kier alpha value is -3.13. The van der Waals surface area contributed by atoms with Gasteiger partial charge in [0.1, 0.15) is 6.04 Å². The van der Waals surface area contributed by atoms with Crippen molar-refractivity contribution in [3.8, 4) is 0 Å². The van der Waals surface area contributed by atoms with Crippen molar-refractivity contribution in [1.82, 2.24) is 30.2 Å². The first-order chi connectivity index (χ1) is 21.8. The van der Waals surface area contributed by atoms with Gasteiger partial charge in [-0.15, -0.1) is 0 Å². The number of nitrogens with one attached hydrogen (secondary N) is 2. The van der Waals surface area contributed by atoms with Crippen molar-refractivity contribution in [2.24, 2.45) is 28.6 Å². The Balaban J connectivity index is 1.19. The maximum absolute atomic E-state index is 14.2. The number of aromatic nitrogens is 2. The number of piperidine rings is 1. The standard InChI is InChI=1S/C32H46F2N6O6/c1-20(46-16-21-4-10-45-11-5-21)25(29(44)38-8-6-32(33,34)7-9-38)37-26(41)24-15-39(27(42)22-13-35-36-14-22)17-31(24)18-40(19-31)28(43)23-12-30(23,2)3/h13-14,20-21,23-25H,4-12,15-19H2,1-3H3,(H,35,36)(H,37,41)/t20-,23-,24+,25+/m1/s1. The van der Waals surface area contributed by atoms with Crippen LogP contribution in [0.1, 0.15) is 63.2 Å². The van der Waals surface area contributed by atoms with Crippen LogP contribution in [-0.2, 0) is 23.9 Å². The third kappa shape index (κ3) is 6.65. The van der Waals surface area contributed by atoms with Crippen molar-refractivity contribution in [1.29, 1.82) is 0 Å². The molecule has 254 valence electrons. The molecule has 1 saturated carbocycles. The number of aromatic amines is 1. The first-order valence-electron chi connectivity index (χ1n) is 16.5. The lowest BCUT2D eigenvalue weighted by atomic mass is 9.70. The van der Waals surface area contributed by atoms with Gasteiger partial charge in [-0.2, -0.15) is 5.10 Å². The number of likely N-dealkylation sites (tertiary alicyclic amines) is 3. The fraction of sp³-hybridized carbons (Fsp3) is 0.781. The van der Waals surface area contributed by atoms with E-state index < -0.39 is 54.1 Å². The predicted molar refractivity (Wildman–Crippen MR) is 161 cm³/mol. The molecule has 4 atom stereocenters. The molecule has 0 unspecified atom stereocenters. The number of carbonyl (C=O) groups excluding carboxylic acids is 4. The number of nitrogens with zero attached hydrogens (tertiary/aromatic N) is 4. The van der Waals surface area contributed by atoms with Crippen LogP contribution in [0, 0.1) is 28.6 Å². The summed E-state index contributed by atoms with van der Waals surface area (Å²) in [5.41, 5.74) is -0.346. The predicted octanol–water partition coefficient (Wildman–Crippen LogP) is 1.93. The number of ether oxygens (including phenoxy) is 2. The fourth-order valence-electron chi connectivity index (χ4n) is 7.52. The van der Waals surface area contributed by atoms with Crippen LogP contribution in [0.5, 0.6) is 0 Å². The van der Waals surface area contributed by atoms with E-state index in [9.17, 15) is 28.0 Å². The van der Waals surface area contributed by atoms with Crippen LogP contribution in [0.4, 0.5) is 8.78 Å². The zero-order chi connectivity index (χ0) is 32.9. The maximum atomic E-state index is 14.2. The Labute approximate surface area is 267 Å². The Morgan fingerprint density at radius 2 is 1.72 bits per heavy atom. The van der Waals surface area contributed by atoms with E-state index in [-0.39, 0.29) is 55.2 Å². The molecule has 5 heterocycles. The van der Waals surface area contributed by atoms with Gasteiger partial charge in [0, 0.05) is 82.9 Å². The quantitative estimate of drug-likeness (QED) is 0.418. The summed E-state index contributed by atoms with van der Waals surface area (Å²) in [6, 6.07) is -1.10. The normalized spacial score (nSPS) is 28.0. The molecule has 12 nitrogen and oxygen atoms in total. The molecule has 46 heavy (non-hydrogen) atoms. The van der Waals surface area contributed by atoms with E-state index in [1.54, 1.807) is 16.7 Å². The number of hydrogen-bond acceptors (Lipinski definition) is 7. The van der Waals surface area contributed by atoms with Gasteiger partial charge in [-0.3, -0.25) is 24.3 Å². The van der Waals surface area contributed by atoms with E-state index in [1.165, 1.54) is 17.3 Å². The molecule has 6 rings (SSSR count). The van der Waals surface area contributed by atoms with E-state index in [2.05, 4.69) is 29.4 Å². The minimum atomic E-state index is -2.83. The molecular formula is C32H46F2N6O6. The van der Waals surface area contributed by atoms with E-state index >= 15 is 0 Å². The average Bonchev–Trinajstić information content (AvgIpc) is 3.38. The van der Waals surface area contributed by atoms with Gasteiger partial charge < -0.3 is 29.5 Å². The largest absolute Gasteiger partial charge is 0.381 e. The van der Waals surface area contributed by atoms with Gasteiger partial charge in [-0.25, -0.2) is 8.78 Å². The van der Waals surface area contributed by atoms with Crippen LogP contribution in [-0.4, -0.2) is 126 Å². The lowest BCUT2D eigenvalue weighted by molar-refractivity contribution is -0.153. The minimum Gasteiger partial charge on any atom is -0.381 e. The van der Waals surface area contributed by atoms with Crippen LogP contribution in [0.2, 0.25) is 0 Å². The molecule has 4 aliphatic heterocycles. The molecule has 1 aromatic rings. The second kappa shape index (κ2) is 12.5. The second-order valence-electron chi connectivity index (χ2n) is 14.8. The minimum absolute atomic E-state index is 0.0393. The van der Waals surface area contributed by atoms with Crippen molar-refractivity contribution >= 4 is 23.6 Å². The van der Waals surface area contributed by atoms with Gasteiger partial charge in [0.05, 0.1) is 30.4 Å². The molecule has 4 amide bonds. The molecule has 1 spiro atoms. The van der Waals surface area contributed by atoms with Crippen molar-refractivity contribution in [3.05, 3.63) is 18.0 Å². The van der Waals surface area contributed by atoms with Gasteiger partial charge in [0.2, 0.25) is 17.7 Å². The van der Waals surface area contributed by atoms with Crippen LogP contribution in [0.3, 0.4) is 0 Å². The highest BCUT2D eigenvalue weighted by Crippen LogP contribution is 2.54. The van der Waals surface area contributed by atoms with Crippen molar-refractivity contribution in [2.45, 2.75) is 70.9 Å². The smallest absolute Gasteiger partial charge is 0.257 e. The van der Waals surface area contributed by atoms with Gasteiger partial charge in [-0.05, 0) is 37.5 Å². The monoisotopic (exact) mass is 648 g/mol. The summed E-state index contributed by atoms with van der Waals surface area (Å²) in [7, 11) is 0. The Morgan fingerprint density at radius 1 is 1.07 bits per heavy atom. The van der Waals surface area contributed by atoms with Crippen LogP contribution >= 0.6 is 0 Å². The molecule has 2 N–H and O–H groups in total. The average molecular weight is 649 g/mol. The topological polar surface area (TPSA) is 137 Å². The number of alkyl halides is 2. The SMILES string of the molecule is C[C@@H](OCC1CCOCC1)[C@H](NC(=O)[C@@H]1CN(C(=O)c2cn[nH]c2)CC12CN(C(=O)[C@H]1CC1(C)C)C2)C(=O)N1CCC(F)(F)CC1. The molecule has 5 aliphatic rings. The highest BCUT2D eigenvalue weighted by Gasteiger charge is 2.62. The maximum Gasteiger partial charge on any atom is 0.257 e. The zero-order valence-corrected chi connectivity index (χ0v) is 26.9. The molecule has 0 bridgehead atoms. The highest BCUT2D eigenvalue weighted by molar-refractivity contribution is 5.95. The fourth-order valence-corrected chi connectivity index (χ4v) is 7.52. The van der Waals surface area contributed by atoms with Crippen LogP contribution < -0.4 is 5.32 Å². The third-order valence-electron chi connectivity index (χ3n) is 10.9. The van der Waals surface area contributed by atoms with Gasteiger partial charge in [0.25, 0.3) is 11.8 Å². The first-order valence-corrected chi connectivity index (χ1v) is 16.5. The zero-order valence-electron chi connectivity index (χ0n) is 26.9. The summed E-state index contributed by atoms with van der Waals surface area (Å²) < 4.78 is 39.5. The van der Waals surface area contributed by atoms with E-state index in [0.29, 0.717) is 38.5 Å². The molecule has 14 heteroatoms. The summed E-state index contributed by atoms with van der Waals surface area (Å²) in [5.74, 6) is -4.38. The van der Waals surface area contributed by atoms with Crippen LogP contribution in [0.15, 0.2) is 12.4 Å². The molecule has 4 saturated heterocycles. The summed E-state index contributed by atoms with van der Waals surface area (Å²) in [5, 5.41) is 9.48. The lowest BCUT2D eigenvalue weighted by Crippen LogP contribution is -2.65. The summed E-state index contributed by atoms with van der Waals surface area (Å²) in [6.45, 7) is 8.35. The number of rotatable bonds is 9. The molecule has 1 aliphatic carbocycles. The van der Waals surface area contributed by atoms with Gasteiger partial charge >= 0.3 is 0 Å². The number of halogens is 2. The Morgan fingerprint density at radius 3 is 2.33 bits per heavy atom. The molecule has 5 fully saturated rings. The summed E-state index contributed by atoms with van der Waals surface area (Å²) in [4.78, 5) is 59.4. The van der Waals surface area contributed by atoms with Crippen molar-refractivity contribution in [3.63, 3.8) is 0 Å². The molecular weight excluding hydrogens is 602 g/mol. The van der Waals surface area contributed by atoms with Gasteiger partial charge in [0.15, 0.2) is 0 Å².